The second-order valence-corrected chi connectivity index (χ2v) is 3.90. The van der Waals surface area contributed by atoms with Gasteiger partial charge in [0.2, 0.25) is 0 Å². The molecule has 72 valence electrons. The van der Waals surface area contributed by atoms with Gasteiger partial charge in [0.05, 0.1) is 12.4 Å². The predicted octanol–water partition coefficient (Wildman–Crippen LogP) is -1.80. The van der Waals surface area contributed by atoms with Gasteiger partial charge in [0.1, 0.15) is 6.04 Å². The Bertz CT molecular complexity index is 247. The molecular formula is C5H11NO5S. The standard InChI is InChI=1S/C5H11NO5S/c1-2-12(9,10)11-5(8)4(6)3-7/h4,7H,2-3,6H2,1H3/t4-/m0/s1. The average molecular weight is 197 g/mol. The van der Waals surface area contributed by atoms with Crippen LogP contribution in [0.15, 0.2) is 0 Å². The van der Waals surface area contributed by atoms with Crippen LogP contribution >= 0.6 is 0 Å². The Labute approximate surface area is 70.4 Å². The van der Waals surface area contributed by atoms with Crippen molar-refractivity contribution in [3.05, 3.63) is 0 Å². The maximum atomic E-state index is 10.7. The molecule has 0 aliphatic rings. The molecule has 0 heterocycles. The summed E-state index contributed by atoms with van der Waals surface area (Å²) in [6.07, 6.45) is 0. The van der Waals surface area contributed by atoms with E-state index in [0.717, 1.165) is 0 Å². The topological polar surface area (TPSA) is 107 Å². The van der Waals surface area contributed by atoms with Gasteiger partial charge >= 0.3 is 16.1 Å². The van der Waals surface area contributed by atoms with Gasteiger partial charge in [-0.25, -0.2) is 4.79 Å². The number of aliphatic hydroxyl groups is 1. The fourth-order valence-corrected chi connectivity index (χ4v) is 0.812. The van der Waals surface area contributed by atoms with Gasteiger partial charge in [0.15, 0.2) is 0 Å². The minimum atomic E-state index is -3.81. The van der Waals surface area contributed by atoms with E-state index >= 15 is 0 Å². The number of rotatable bonds is 4. The lowest BCUT2D eigenvalue weighted by atomic mass is 10.3. The molecule has 1 atom stereocenters. The fraction of sp³-hybridized carbons (Fsp3) is 0.800. The first-order valence-corrected chi connectivity index (χ1v) is 4.83. The Morgan fingerprint density at radius 3 is 2.50 bits per heavy atom. The molecule has 6 nitrogen and oxygen atoms in total. The number of aliphatic hydroxyl groups excluding tert-OH is 1. The zero-order chi connectivity index (χ0) is 9.78. The highest BCUT2D eigenvalue weighted by molar-refractivity contribution is 7.87. The van der Waals surface area contributed by atoms with E-state index in [4.69, 9.17) is 10.8 Å². The van der Waals surface area contributed by atoms with Crippen molar-refractivity contribution in [3.8, 4) is 0 Å². The normalized spacial score (nSPS) is 13.9. The zero-order valence-electron chi connectivity index (χ0n) is 6.56. The minimum absolute atomic E-state index is 0.309. The van der Waals surface area contributed by atoms with E-state index < -0.39 is 28.7 Å². The quantitative estimate of drug-likeness (QED) is 0.515. The van der Waals surface area contributed by atoms with Crippen LogP contribution in [0.4, 0.5) is 0 Å². The Morgan fingerprint density at radius 1 is 1.67 bits per heavy atom. The molecule has 0 aromatic heterocycles. The van der Waals surface area contributed by atoms with Crippen LogP contribution in [0.25, 0.3) is 0 Å². The van der Waals surface area contributed by atoms with Crippen molar-refractivity contribution in [3.63, 3.8) is 0 Å². The van der Waals surface area contributed by atoms with E-state index in [1.807, 2.05) is 0 Å². The molecule has 0 unspecified atom stereocenters. The van der Waals surface area contributed by atoms with Crippen molar-refractivity contribution < 1.29 is 22.5 Å². The summed E-state index contributed by atoms with van der Waals surface area (Å²) in [4.78, 5) is 10.7. The zero-order valence-corrected chi connectivity index (χ0v) is 7.37. The lowest BCUT2D eigenvalue weighted by Gasteiger charge is -2.06. The highest BCUT2D eigenvalue weighted by Crippen LogP contribution is 1.95. The van der Waals surface area contributed by atoms with Crippen LogP contribution in [-0.2, 0) is 19.1 Å². The van der Waals surface area contributed by atoms with Gasteiger partial charge in [-0.15, -0.1) is 0 Å². The first-order valence-electron chi connectivity index (χ1n) is 3.25. The lowest BCUT2D eigenvalue weighted by Crippen LogP contribution is -2.37. The molecule has 0 aromatic carbocycles. The van der Waals surface area contributed by atoms with Gasteiger partial charge in [-0.3, -0.25) is 0 Å². The van der Waals surface area contributed by atoms with Crippen LogP contribution in [0.3, 0.4) is 0 Å². The van der Waals surface area contributed by atoms with E-state index in [1.165, 1.54) is 6.92 Å². The third kappa shape index (κ3) is 3.65. The molecule has 0 rings (SSSR count). The van der Waals surface area contributed by atoms with Gasteiger partial charge in [-0.1, -0.05) is 0 Å². The Kier molecular flexibility index (Phi) is 4.15. The van der Waals surface area contributed by atoms with Crippen molar-refractivity contribution in [2.75, 3.05) is 12.4 Å². The molecule has 0 aliphatic carbocycles. The minimum Gasteiger partial charge on any atom is -0.394 e. The summed E-state index contributed by atoms with van der Waals surface area (Å²) in [5.41, 5.74) is 4.99. The summed E-state index contributed by atoms with van der Waals surface area (Å²) >= 11 is 0. The van der Waals surface area contributed by atoms with Crippen molar-refractivity contribution >= 4 is 16.1 Å². The smallest absolute Gasteiger partial charge is 0.341 e. The summed E-state index contributed by atoms with van der Waals surface area (Å²) < 4.78 is 25.3. The molecule has 0 amide bonds. The Hall–Kier alpha value is -0.660. The highest BCUT2D eigenvalue weighted by atomic mass is 32.2. The van der Waals surface area contributed by atoms with Crippen LogP contribution in [0.5, 0.6) is 0 Å². The molecular weight excluding hydrogens is 186 g/mol. The molecule has 0 fully saturated rings. The molecule has 0 saturated heterocycles. The molecule has 12 heavy (non-hydrogen) atoms. The third-order valence-corrected chi connectivity index (χ3v) is 2.19. The maximum Gasteiger partial charge on any atom is 0.341 e. The summed E-state index contributed by atoms with van der Waals surface area (Å²) in [5.74, 6) is -1.45. The first kappa shape index (κ1) is 11.3. The highest BCUT2D eigenvalue weighted by Gasteiger charge is 2.20. The number of hydrogen-bond acceptors (Lipinski definition) is 6. The summed E-state index contributed by atoms with van der Waals surface area (Å²) in [5, 5.41) is 8.35. The van der Waals surface area contributed by atoms with Crippen LogP contribution < -0.4 is 5.73 Å². The molecule has 0 aliphatic heterocycles. The van der Waals surface area contributed by atoms with Crippen molar-refractivity contribution in [2.24, 2.45) is 5.73 Å². The van der Waals surface area contributed by atoms with E-state index in [1.54, 1.807) is 0 Å². The van der Waals surface area contributed by atoms with Crippen LogP contribution in [-0.4, -0.2) is 37.9 Å². The summed E-state index contributed by atoms with van der Waals surface area (Å²) in [6, 6.07) is -1.30. The van der Waals surface area contributed by atoms with Crippen molar-refractivity contribution in [1.29, 1.82) is 0 Å². The SMILES string of the molecule is CCS(=O)(=O)OC(=O)[C@@H](N)CO. The number of nitrogens with two attached hydrogens (primary N) is 1. The predicted molar refractivity (Wildman–Crippen MR) is 40.6 cm³/mol. The number of carbonyl (C=O) groups excluding carboxylic acids is 1. The van der Waals surface area contributed by atoms with E-state index in [9.17, 15) is 13.2 Å². The average Bonchev–Trinajstić information content (AvgIpc) is 2.02. The van der Waals surface area contributed by atoms with Crippen LogP contribution in [0.1, 0.15) is 6.92 Å². The molecule has 3 N–H and O–H groups in total. The second-order valence-electron chi connectivity index (χ2n) is 2.04. The lowest BCUT2D eigenvalue weighted by molar-refractivity contribution is -0.136. The van der Waals surface area contributed by atoms with Gasteiger partial charge < -0.3 is 15.0 Å². The van der Waals surface area contributed by atoms with E-state index in [-0.39, 0.29) is 5.75 Å². The van der Waals surface area contributed by atoms with Crippen LogP contribution in [0.2, 0.25) is 0 Å². The van der Waals surface area contributed by atoms with Gasteiger partial charge in [-0.2, -0.15) is 8.42 Å². The molecule has 0 radical (unpaired) electrons. The molecule has 0 aromatic rings. The van der Waals surface area contributed by atoms with Crippen molar-refractivity contribution in [1.82, 2.24) is 0 Å². The Morgan fingerprint density at radius 2 is 2.17 bits per heavy atom. The molecule has 7 heteroatoms. The molecule has 0 saturated carbocycles. The largest absolute Gasteiger partial charge is 0.394 e. The fourth-order valence-electron chi connectivity index (χ4n) is 0.320. The monoisotopic (exact) mass is 197 g/mol. The molecule has 0 spiro atoms. The van der Waals surface area contributed by atoms with Gasteiger partial charge in [0.25, 0.3) is 0 Å². The summed E-state index contributed by atoms with van der Waals surface area (Å²) in [6.45, 7) is 0.686. The van der Waals surface area contributed by atoms with Crippen LogP contribution in [0, 0.1) is 0 Å². The second kappa shape index (κ2) is 4.39. The van der Waals surface area contributed by atoms with Gasteiger partial charge in [0, 0.05) is 0 Å². The van der Waals surface area contributed by atoms with Gasteiger partial charge in [-0.05, 0) is 6.92 Å². The number of hydrogen-bond donors (Lipinski definition) is 2. The molecule has 0 bridgehead atoms. The number of carbonyl (C=O) groups is 1. The van der Waals surface area contributed by atoms with Crippen molar-refractivity contribution in [2.45, 2.75) is 13.0 Å². The first-order chi connectivity index (χ1) is 5.43. The van der Waals surface area contributed by atoms with E-state index in [0.29, 0.717) is 0 Å². The maximum absolute atomic E-state index is 10.7. The third-order valence-electron chi connectivity index (χ3n) is 1.06. The summed E-state index contributed by atoms with van der Waals surface area (Å²) in [7, 11) is -3.81. The Balaban J connectivity index is 4.20. The van der Waals surface area contributed by atoms with E-state index in [2.05, 4.69) is 4.18 Å².